The van der Waals surface area contributed by atoms with Crippen molar-refractivity contribution >= 4 is 17.6 Å². The van der Waals surface area contributed by atoms with Crippen molar-refractivity contribution in [2.75, 3.05) is 11.9 Å². The second kappa shape index (κ2) is 7.71. The summed E-state index contributed by atoms with van der Waals surface area (Å²) in [7, 11) is 1.52. The predicted molar refractivity (Wildman–Crippen MR) is 109 cm³/mol. The molecule has 2 aromatic heterocycles. The number of alkyl halides is 2. The van der Waals surface area contributed by atoms with E-state index in [4.69, 9.17) is 0 Å². The van der Waals surface area contributed by atoms with Crippen LogP contribution in [0.15, 0.2) is 36.7 Å². The molecule has 1 saturated carbocycles. The lowest BCUT2D eigenvalue weighted by atomic mass is 10.2. The summed E-state index contributed by atoms with van der Waals surface area (Å²) in [5.41, 5.74) is 1.06. The van der Waals surface area contributed by atoms with E-state index in [0.29, 0.717) is 12.4 Å². The van der Waals surface area contributed by atoms with Gasteiger partial charge in [0.15, 0.2) is 0 Å². The lowest BCUT2D eigenvalue weighted by Gasteiger charge is -2.19. The van der Waals surface area contributed by atoms with Crippen LogP contribution in [0.5, 0.6) is 0 Å². The Morgan fingerprint density at radius 1 is 1.24 bits per heavy atom. The molecule has 33 heavy (non-hydrogen) atoms. The monoisotopic (exact) mass is 459 g/mol. The molecule has 0 bridgehead atoms. The fourth-order valence-electron chi connectivity index (χ4n) is 3.90. The van der Waals surface area contributed by atoms with Crippen molar-refractivity contribution in [3.8, 4) is 0 Å². The van der Waals surface area contributed by atoms with Crippen molar-refractivity contribution in [3.05, 3.63) is 59.6 Å². The number of aryl methyl sites for hydroxylation is 1. The van der Waals surface area contributed by atoms with E-state index in [1.54, 1.807) is 12.1 Å². The Balaban J connectivity index is 1.24. The molecule has 1 N–H and O–H groups in total. The largest absolute Gasteiger partial charge is 0.337 e. The third-order valence-electron chi connectivity index (χ3n) is 5.87. The van der Waals surface area contributed by atoms with Crippen LogP contribution in [0.25, 0.3) is 0 Å². The van der Waals surface area contributed by atoms with Crippen molar-refractivity contribution in [2.45, 2.75) is 43.8 Å². The van der Waals surface area contributed by atoms with Gasteiger partial charge in [0.05, 0.1) is 18.2 Å². The Bertz CT molecular complexity index is 1220. The van der Waals surface area contributed by atoms with E-state index in [-0.39, 0.29) is 42.6 Å². The minimum Gasteiger partial charge on any atom is -0.337 e. The number of rotatable bonds is 5. The normalized spacial score (nSPS) is 21.5. The summed E-state index contributed by atoms with van der Waals surface area (Å²) in [5, 5.41) is 11.0. The minimum absolute atomic E-state index is 0.104. The molecule has 0 saturated heterocycles. The molecule has 2 aliphatic rings. The van der Waals surface area contributed by atoms with E-state index in [2.05, 4.69) is 20.5 Å². The zero-order valence-electron chi connectivity index (χ0n) is 17.6. The maximum Gasteiger partial charge on any atom is 0.291 e. The Kier molecular flexibility index (Phi) is 4.94. The van der Waals surface area contributed by atoms with Crippen molar-refractivity contribution in [1.82, 2.24) is 29.9 Å². The summed E-state index contributed by atoms with van der Waals surface area (Å²) in [6.07, 6.45) is 1.38. The summed E-state index contributed by atoms with van der Waals surface area (Å²) in [6.45, 7) is 0.580. The van der Waals surface area contributed by atoms with Crippen LogP contribution in [-0.4, -0.2) is 55.4 Å². The first-order valence-corrected chi connectivity index (χ1v) is 10.4. The van der Waals surface area contributed by atoms with Gasteiger partial charge >= 0.3 is 0 Å². The van der Waals surface area contributed by atoms with Crippen molar-refractivity contribution in [2.24, 2.45) is 0 Å². The maximum absolute atomic E-state index is 13.4. The van der Waals surface area contributed by atoms with Gasteiger partial charge in [0.25, 0.3) is 17.7 Å². The molecule has 0 spiro atoms. The molecule has 0 radical (unpaired) electrons. The first-order valence-electron chi connectivity index (χ1n) is 10.4. The molecule has 1 fully saturated rings. The number of amides is 2. The number of hydrogen-bond donors (Lipinski definition) is 1. The maximum atomic E-state index is 13.4. The van der Waals surface area contributed by atoms with Gasteiger partial charge in [0.2, 0.25) is 5.82 Å². The van der Waals surface area contributed by atoms with Gasteiger partial charge in [-0.2, -0.15) is 5.10 Å². The van der Waals surface area contributed by atoms with E-state index < -0.39 is 23.8 Å². The van der Waals surface area contributed by atoms with Gasteiger partial charge in [-0.1, -0.05) is 12.1 Å². The molecule has 3 aromatic rings. The van der Waals surface area contributed by atoms with Crippen LogP contribution in [0.3, 0.4) is 0 Å². The van der Waals surface area contributed by atoms with E-state index >= 15 is 0 Å². The molecule has 2 atom stereocenters. The van der Waals surface area contributed by atoms with Crippen LogP contribution < -0.4 is 10.2 Å². The predicted octanol–water partition coefficient (Wildman–Crippen LogP) is 1.95. The molecule has 0 unspecified atom stereocenters. The molecule has 3 heterocycles. The average Bonchev–Trinajstić information content (AvgIpc) is 3.12. The minimum atomic E-state index is -2.74. The third-order valence-corrected chi connectivity index (χ3v) is 5.87. The fourth-order valence-corrected chi connectivity index (χ4v) is 3.90. The molecule has 12 heteroatoms. The van der Waals surface area contributed by atoms with Gasteiger partial charge in [-0.05, 0) is 24.1 Å². The summed E-state index contributed by atoms with van der Waals surface area (Å²) in [4.78, 5) is 30.9. The quantitative estimate of drug-likeness (QED) is 0.629. The number of aromatic nitrogens is 5. The number of carbonyl (C=O) groups is 2. The highest BCUT2D eigenvalue weighted by molar-refractivity contribution is 6.00. The lowest BCUT2D eigenvalue weighted by Crippen LogP contribution is -2.47. The highest BCUT2D eigenvalue weighted by Gasteiger charge is 2.59. The molecule has 172 valence electrons. The first-order chi connectivity index (χ1) is 15.7. The molecule has 9 nitrogen and oxygen atoms in total. The Morgan fingerprint density at radius 2 is 1.97 bits per heavy atom. The van der Waals surface area contributed by atoms with Crippen molar-refractivity contribution in [1.29, 1.82) is 0 Å². The SMILES string of the molecule is CN1C(=O)[C@H](NC(=O)c2ncn(Cc3ccc(F)cc3)n2)CCn2nc([C@H]3CC3(F)F)cc21. The Morgan fingerprint density at radius 3 is 2.67 bits per heavy atom. The van der Waals surface area contributed by atoms with Gasteiger partial charge < -0.3 is 5.32 Å². The molecule has 1 aliphatic heterocycles. The van der Waals surface area contributed by atoms with E-state index in [1.807, 2.05) is 0 Å². The van der Waals surface area contributed by atoms with Crippen LogP contribution in [0.4, 0.5) is 19.0 Å². The number of carbonyl (C=O) groups excluding carboxylic acids is 2. The van der Waals surface area contributed by atoms with Crippen molar-refractivity contribution < 1.29 is 22.8 Å². The van der Waals surface area contributed by atoms with Crippen LogP contribution in [0, 0.1) is 5.82 Å². The number of benzene rings is 1. The number of nitrogens with one attached hydrogen (secondary N) is 1. The molecule has 2 amide bonds. The highest BCUT2D eigenvalue weighted by Crippen LogP contribution is 2.55. The van der Waals surface area contributed by atoms with Crippen LogP contribution in [0.1, 0.15) is 40.6 Å². The fraction of sp³-hybridized carbons (Fsp3) is 0.381. The topological polar surface area (TPSA) is 97.9 Å². The van der Waals surface area contributed by atoms with Crippen molar-refractivity contribution in [3.63, 3.8) is 0 Å². The summed E-state index contributed by atoms with van der Waals surface area (Å²) >= 11 is 0. The highest BCUT2D eigenvalue weighted by atomic mass is 19.3. The van der Waals surface area contributed by atoms with E-state index in [0.717, 1.165) is 5.56 Å². The first kappa shape index (κ1) is 21.2. The number of anilines is 1. The Hall–Kier alpha value is -3.70. The lowest BCUT2D eigenvalue weighted by molar-refractivity contribution is -0.120. The third kappa shape index (κ3) is 4.08. The molecule has 1 aliphatic carbocycles. The number of nitrogens with zero attached hydrogens (tertiary/aromatic N) is 6. The summed E-state index contributed by atoms with van der Waals surface area (Å²) in [5.74, 6) is -4.69. The number of fused-ring (bicyclic) bond motifs is 1. The number of hydrogen-bond acceptors (Lipinski definition) is 5. The second-order valence-corrected chi connectivity index (χ2v) is 8.27. The molecular weight excluding hydrogens is 439 g/mol. The van der Waals surface area contributed by atoms with Gasteiger partial charge in [-0.15, -0.1) is 5.10 Å². The van der Waals surface area contributed by atoms with Gasteiger partial charge in [-0.3, -0.25) is 14.5 Å². The van der Waals surface area contributed by atoms with Gasteiger partial charge in [0, 0.05) is 26.1 Å². The van der Waals surface area contributed by atoms with E-state index in [1.165, 1.54) is 45.8 Å². The standard InChI is InChI=1S/C21H20F3N7O2/c1-29-17-8-16(14-9-21(14,23)24)27-31(17)7-6-15(20(29)33)26-19(32)18-25-11-30(28-18)10-12-2-4-13(22)5-3-12/h2-5,8,11,14-15H,6-7,9-10H2,1H3,(H,26,32)/t14-,15-/m1/s1. The summed E-state index contributed by atoms with van der Waals surface area (Å²) < 4.78 is 42.8. The number of halogens is 3. The molecule has 1 aromatic carbocycles. The van der Waals surface area contributed by atoms with Crippen LogP contribution in [-0.2, 0) is 17.9 Å². The second-order valence-electron chi connectivity index (χ2n) is 8.27. The van der Waals surface area contributed by atoms with Crippen LogP contribution >= 0.6 is 0 Å². The molecule has 5 rings (SSSR count). The van der Waals surface area contributed by atoms with Gasteiger partial charge in [-0.25, -0.2) is 27.5 Å². The zero-order valence-corrected chi connectivity index (χ0v) is 17.6. The number of likely N-dealkylation sites (N-methyl/N-ethyl adjacent to an activating group) is 1. The van der Waals surface area contributed by atoms with Gasteiger partial charge in [0.1, 0.15) is 24.0 Å². The van der Waals surface area contributed by atoms with Crippen LogP contribution in [0.2, 0.25) is 0 Å². The van der Waals surface area contributed by atoms with E-state index in [9.17, 15) is 22.8 Å². The smallest absolute Gasteiger partial charge is 0.291 e. The summed E-state index contributed by atoms with van der Waals surface area (Å²) in [6, 6.07) is 6.54. The Labute approximate surface area is 186 Å². The zero-order chi connectivity index (χ0) is 23.3. The molecular formula is C21H20F3N7O2. The average molecular weight is 459 g/mol.